The van der Waals surface area contributed by atoms with Gasteiger partial charge in [-0.2, -0.15) is 0 Å². The second kappa shape index (κ2) is 9.30. The number of aliphatic carboxylic acids is 1. The van der Waals surface area contributed by atoms with Gasteiger partial charge in [-0.3, -0.25) is 9.10 Å². The lowest BCUT2D eigenvalue weighted by molar-refractivity contribution is -0.136. The van der Waals surface area contributed by atoms with Crippen molar-refractivity contribution in [1.29, 1.82) is 0 Å². The highest BCUT2D eigenvalue weighted by Gasteiger charge is 2.41. The number of halogens is 1. The average Bonchev–Trinajstić information content (AvgIpc) is 2.77. The number of sulfonamides is 1. The van der Waals surface area contributed by atoms with Gasteiger partial charge in [0.2, 0.25) is 10.0 Å². The van der Waals surface area contributed by atoms with E-state index in [1.165, 1.54) is 17.5 Å². The predicted octanol–water partition coefficient (Wildman–Crippen LogP) is 5.80. The van der Waals surface area contributed by atoms with E-state index in [1.807, 2.05) is 6.92 Å². The van der Waals surface area contributed by atoms with Crippen LogP contribution in [0.2, 0.25) is 0 Å². The maximum absolute atomic E-state index is 15.6. The van der Waals surface area contributed by atoms with Gasteiger partial charge in [0.05, 0.1) is 31.0 Å². The molecule has 0 fully saturated rings. The highest BCUT2D eigenvalue weighted by molar-refractivity contribution is 7.92. The lowest BCUT2D eigenvalue weighted by Crippen LogP contribution is -2.40. The molecule has 4 rings (SSSR count). The number of carbonyl (C=O) groups is 1. The van der Waals surface area contributed by atoms with Gasteiger partial charge in [-0.05, 0) is 78.0 Å². The van der Waals surface area contributed by atoms with Crippen molar-refractivity contribution >= 4 is 27.3 Å². The number of hydrogen-bond donors (Lipinski definition) is 1. The molecule has 0 radical (unpaired) electrons. The Morgan fingerprint density at radius 1 is 1.19 bits per heavy atom. The van der Waals surface area contributed by atoms with E-state index in [-0.39, 0.29) is 18.4 Å². The molecule has 1 heterocycles. The van der Waals surface area contributed by atoms with E-state index in [4.69, 9.17) is 4.74 Å². The molecule has 8 heteroatoms. The van der Waals surface area contributed by atoms with E-state index in [2.05, 4.69) is 19.9 Å². The van der Waals surface area contributed by atoms with Crippen molar-refractivity contribution in [2.24, 2.45) is 5.41 Å². The number of allylic oxidation sites excluding steroid dienone is 2. The quantitative estimate of drug-likeness (QED) is 0.526. The summed E-state index contributed by atoms with van der Waals surface area (Å²) in [5.41, 5.74) is 5.55. The molecule has 6 nitrogen and oxygen atoms in total. The minimum atomic E-state index is -3.83. The van der Waals surface area contributed by atoms with Gasteiger partial charge in [-0.15, -0.1) is 0 Å². The zero-order valence-electron chi connectivity index (χ0n) is 21.7. The summed E-state index contributed by atoms with van der Waals surface area (Å²) in [6.45, 7) is 8.04. The number of ether oxygens (including phenoxy) is 1. The van der Waals surface area contributed by atoms with Crippen molar-refractivity contribution in [2.75, 3.05) is 24.3 Å². The number of fused-ring (bicyclic) bond motifs is 3. The first-order chi connectivity index (χ1) is 16.8. The molecule has 36 heavy (non-hydrogen) atoms. The van der Waals surface area contributed by atoms with Crippen molar-refractivity contribution in [1.82, 2.24) is 0 Å². The second-order valence-corrected chi connectivity index (χ2v) is 12.6. The Labute approximate surface area is 212 Å². The fourth-order valence-corrected chi connectivity index (χ4v) is 7.01. The smallest absolute Gasteiger partial charge is 0.307 e. The number of hydrogen-bond acceptors (Lipinski definition) is 4. The largest absolute Gasteiger partial charge is 0.481 e. The van der Waals surface area contributed by atoms with Crippen LogP contribution in [0.1, 0.15) is 67.0 Å². The lowest BCUT2D eigenvalue weighted by atomic mass is 9.73. The zero-order valence-corrected chi connectivity index (χ0v) is 22.6. The van der Waals surface area contributed by atoms with Crippen molar-refractivity contribution in [3.8, 4) is 11.1 Å². The van der Waals surface area contributed by atoms with Crippen molar-refractivity contribution in [2.45, 2.75) is 59.4 Å². The van der Waals surface area contributed by atoms with Crippen LogP contribution in [0.5, 0.6) is 0 Å². The lowest BCUT2D eigenvalue weighted by Gasteiger charge is -2.41. The molecule has 0 unspecified atom stereocenters. The summed E-state index contributed by atoms with van der Waals surface area (Å²) in [5, 5.41) is 9.82. The maximum atomic E-state index is 15.6. The Morgan fingerprint density at radius 3 is 2.44 bits per heavy atom. The van der Waals surface area contributed by atoms with E-state index in [9.17, 15) is 18.3 Å². The van der Waals surface area contributed by atoms with E-state index < -0.39 is 27.9 Å². The molecule has 1 N–H and O–H groups in total. The first kappa shape index (κ1) is 26.4. The Hall–Kier alpha value is -2.71. The first-order valence-corrected chi connectivity index (χ1v) is 14.0. The summed E-state index contributed by atoms with van der Waals surface area (Å²) >= 11 is 0. The topological polar surface area (TPSA) is 83.9 Å². The first-order valence-electron chi connectivity index (χ1n) is 12.1. The second-order valence-electron chi connectivity index (χ2n) is 10.7. The third-order valence-electron chi connectivity index (χ3n) is 7.56. The molecule has 2 aromatic rings. The number of carboxylic acids is 1. The van der Waals surface area contributed by atoms with Gasteiger partial charge < -0.3 is 9.84 Å². The van der Waals surface area contributed by atoms with Gasteiger partial charge in [-0.1, -0.05) is 32.1 Å². The molecule has 2 aromatic carbocycles. The number of benzene rings is 2. The summed E-state index contributed by atoms with van der Waals surface area (Å²) < 4.78 is 48.7. The summed E-state index contributed by atoms with van der Waals surface area (Å²) in [7, 11) is -2.36. The van der Waals surface area contributed by atoms with E-state index in [1.54, 1.807) is 19.1 Å². The van der Waals surface area contributed by atoms with E-state index in [0.717, 1.165) is 36.7 Å². The molecule has 0 spiro atoms. The summed E-state index contributed by atoms with van der Waals surface area (Å²) in [5.74, 6) is -1.45. The summed E-state index contributed by atoms with van der Waals surface area (Å²) in [6, 6.07) is 3.92. The van der Waals surface area contributed by atoms with Crippen LogP contribution in [-0.2, 0) is 26.0 Å². The average molecular weight is 516 g/mol. The molecule has 1 aliphatic heterocycles. The van der Waals surface area contributed by atoms with Crippen molar-refractivity contribution < 1.29 is 27.4 Å². The number of methoxy groups -OCH3 is 1. The van der Waals surface area contributed by atoms with Gasteiger partial charge in [0.1, 0.15) is 5.82 Å². The minimum absolute atomic E-state index is 0.0255. The molecule has 2 aliphatic rings. The molecule has 0 bridgehead atoms. The van der Waals surface area contributed by atoms with Crippen LogP contribution >= 0.6 is 0 Å². The van der Waals surface area contributed by atoms with Gasteiger partial charge in [0, 0.05) is 18.2 Å². The Morgan fingerprint density at radius 2 is 1.89 bits per heavy atom. The van der Waals surface area contributed by atoms with Gasteiger partial charge >= 0.3 is 5.97 Å². The summed E-state index contributed by atoms with van der Waals surface area (Å²) in [4.78, 5) is 12.0. The Kier molecular flexibility index (Phi) is 6.81. The standard InChI is InChI=1S/C28H34FNO5S/c1-16-20(14-23(31)32)24(18-10-12-28(3,4)13-11-18)17(2)25-26-19(8-7-9-21(26)29)22(15-35-5)30(27(16)25)36(6,33)34/h7-10,22H,11-15H2,1-6H3,(H,31,32)/t22-/m0/s1. The van der Waals surface area contributed by atoms with Crippen LogP contribution in [0, 0.1) is 25.1 Å². The van der Waals surface area contributed by atoms with Gasteiger partial charge in [0.25, 0.3) is 0 Å². The maximum Gasteiger partial charge on any atom is 0.307 e. The highest BCUT2D eigenvalue weighted by atomic mass is 32.2. The van der Waals surface area contributed by atoms with Crippen LogP contribution in [0.4, 0.5) is 10.1 Å². The number of carboxylic acid groups (broad SMARTS) is 1. The van der Waals surface area contributed by atoms with Crippen molar-refractivity contribution in [3.05, 3.63) is 57.9 Å². The SMILES string of the molecule is COC[C@H]1c2cccc(F)c2-c2c(C)c(C3=CCC(C)(C)CC3)c(CC(=O)O)c(C)c2N1S(C)(=O)=O. The molecular weight excluding hydrogens is 481 g/mol. The van der Waals surface area contributed by atoms with Gasteiger partial charge in [-0.25, -0.2) is 12.8 Å². The van der Waals surface area contributed by atoms with Crippen LogP contribution in [0.25, 0.3) is 16.7 Å². The normalized spacial score (nSPS) is 18.9. The molecule has 0 saturated carbocycles. The third-order valence-corrected chi connectivity index (χ3v) is 8.71. The third kappa shape index (κ3) is 4.45. The van der Waals surface area contributed by atoms with Crippen LogP contribution in [0.3, 0.4) is 0 Å². The Bertz CT molecular complexity index is 1380. The molecule has 1 atom stereocenters. The van der Waals surface area contributed by atoms with Crippen molar-refractivity contribution in [3.63, 3.8) is 0 Å². The van der Waals surface area contributed by atoms with Crippen LogP contribution in [0.15, 0.2) is 24.3 Å². The predicted molar refractivity (Wildman–Crippen MR) is 140 cm³/mol. The number of nitrogens with zero attached hydrogens (tertiary/aromatic N) is 1. The molecule has 1 aliphatic carbocycles. The van der Waals surface area contributed by atoms with Crippen LogP contribution in [-0.4, -0.2) is 39.5 Å². The molecule has 0 amide bonds. The van der Waals surface area contributed by atoms with E-state index in [0.29, 0.717) is 39.1 Å². The summed E-state index contributed by atoms with van der Waals surface area (Å²) in [6.07, 6.45) is 5.58. The number of rotatable bonds is 6. The fraction of sp³-hybridized carbons (Fsp3) is 0.464. The molecular formula is C28H34FNO5S. The zero-order chi connectivity index (χ0) is 26.6. The molecule has 0 aromatic heterocycles. The highest BCUT2D eigenvalue weighted by Crippen LogP contribution is 2.53. The van der Waals surface area contributed by atoms with Crippen LogP contribution < -0.4 is 4.31 Å². The molecule has 194 valence electrons. The molecule has 0 saturated heterocycles. The minimum Gasteiger partial charge on any atom is -0.481 e. The monoisotopic (exact) mass is 515 g/mol. The van der Waals surface area contributed by atoms with Gasteiger partial charge in [0.15, 0.2) is 0 Å². The number of anilines is 1. The van der Waals surface area contributed by atoms with E-state index >= 15 is 4.39 Å². The Balaban J connectivity index is 2.16. The fourth-order valence-electron chi connectivity index (χ4n) is 5.82.